The summed E-state index contributed by atoms with van der Waals surface area (Å²) < 4.78 is 47.1. The highest BCUT2D eigenvalue weighted by Gasteiger charge is 2.37. The Morgan fingerprint density at radius 1 is 0.889 bits per heavy atom. The van der Waals surface area contributed by atoms with Gasteiger partial charge in [-0.05, 0) is 111 Å². The maximum Gasteiger partial charge on any atom is 0.246 e. The Hall–Kier alpha value is -4.65. The largest absolute Gasteiger partial charge is 0.497 e. The molecule has 4 aromatic carbocycles. The number of rotatable bonds is 14. The third-order valence-corrected chi connectivity index (χ3v) is 11.9. The van der Waals surface area contributed by atoms with E-state index in [0.717, 1.165) is 17.5 Å². The molecule has 288 valence electrons. The Bertz CT molecular complexity index is 2080. The molecule has 12 heteroatoms. The number of methoxy groups -OCH3 is 1. The molecule has 2 heterocycles. The summed E-state index contributed by atoms with van der Waals surface area (Å²) in [7, 11) is -2.56. The molecular formula is C42H52N4O7S. The molecule has 0 saturated carbocycles. The van der Waals surface area contributed by atoms with Gasteiger partial charge in [0.25, 0.3) is 0 Å². The minimum atomic E-state index is -4.14. The minimum absolute atomic E-state index is 0.0400. The van der Waals surface area contributed by atoms with Crippen LogP contribution in [0.25, 0.3) is 10.8 Å². The van der Waals surface area contributed by atoms with E-state index in [1.165, 1.54) is 30.9 Å². The summed E-state index contributed by atoms with van der Waals surface area (Å²) in [6.45, 7) is 10.9. The van der Waals surface area contributed by atoms with Crippen molar-refractivity contribution in [2.75, 3.05) is 13.9 Å². The third kappa shape index (κ3) is 9.17. The van der Waals surface area contributed by atoms with Gasteiger partial charge in [0.15, 0.2) is 11.5 Å². The standard InChI is InChI=1S/C42H52N4O7S/c1-27(2)43-41(48)42(5,24-30-10-12-31(13-11-30)25-46-28(3)8-7-9-29(46)4)44-40(47)23-37(34-16-19-38-39(22-34)53-26-52-38)45-54(49,50)36-18-15-32-20-35(51-6)17-14-33(32)21-36/h10-22,27-29,37,45H,7-9,23-26H2,1-6H3,(H,43,48)(H,44,47)/t28-,29+,37-,42-/m1/s1. The molecule has 2 aliphatic rings. The molecule has 54 heavy (non-hydrogen) atoms. The van der Waals surface area contributed by atoms with E-state index in [-0.39, 0.29) is 36.5 Å². The molecule has 1 fully saturated rings. The quantitative estimate of drug-likeness (QED) is 0.135. The molecule has 4 atom stereocenters. The lowest BCUT2D eigenvalue weighted by Gasteiger charge is -2.39. The van der Waals surface area contributed by atoms with Crippen molar-refractivity contribution in [2.24, 2.45) is 0 Å². The third-order valence-electron chi connectivity index (χ3n) is 10.5. The van der Waals surface area contributed by atoms with E-state index < -0.39 is 27.5 Å². The van der Waals surface area contributed by atoms with E-state index in [9.17, 15) is 18.0 Å². The van der Waals surface area contributed by atoms with E-state index in [1.54, 1.807) is 56.5 Å². The van der Waals surface area contributed by atoms with Gasteiger partial charge in [0, 0.05) is 37.5 Å². The van der Waals surface area contributed by atoms with Gasteiger partial charge in [0.1, 0.15) is 11.3 Å². The lowest BCUT2D eigenvalue weighted by molar-refractivity contribution is -0.133. The van der Waals surface area contributed by atoms with Gasteiger partial charge in [-0.2, -0.15) is 0 Å². The van der Waals surface area contributed by atoms with Gasteiger partial charge in [-0.15, -0.1) is 0 Å². The lowest BCUT2D eigenvalue weighted by Crippen LogP contribution is -2.59. The average molecular weight is 757 g/mol. The molecule has 0 aliphatic carbocycles. The Morgan fingerprint density at radius 2 is 1.56 bits per heavy atom. The maximum atomic E-state index is 14.1. The van der Waals surface area contributed by atoms with Gasteiger partial charge in [-0.1, -0.05) is 48.9 Å². The Kier molecular flexibility index (Phi) is 11.8. The number of likely N-dealkylation sites (tertiary alicyclic amines) is 1. The molecule has 2 aliphatic heterocycles. The van der Waals surface area contributed by atoms with Crippen molar-refractivity contribution < 1.29 is 32.2 Å². The van der Waals surface area contributed by atoms with Crippen LogP contribution in [0.1, 0.15) is 83.0 Å². The molecule has 1 saturated heterocycles. The van der Waals surface area contributed by atoms with Crippen LogP contribution in [0.15, 0.2) is 83.8 Å². The van der Waals surface area contributed by atoms with Crippen LogP contribution in [-0.2, 0) is 32.6 Å². The molecule has 11 nitrogen and oxygen atoms in total. The van der Waals surface area contributed by atoms with E-state index in [4.69, 9.17) is 14.2 Å². The van der Waals surface area contributed by atoms with Crippen molar-refractivity contribution in [3.63, 3.8) is 0 Å². The van der Waals surface area contributed by atoms with Gasteiger partial charge in [-0.25, -0.2) is 13.1 Å². The fraction of sp³-hybridized carbons (Fsp3) is 0.429. The summed E-state index contributed by atoms with van der Waals surface area (Å²) in [5.41, 5.74) is 1.25. The maximum absolute atomic E-state index is 14.1. The van der Waals surface area contributed by atoms with Gasteiger partial charge >= 0.3 is 0 Å². The molecule has 0 unspecified atom stereocenters. The van der Waals surface area contributed by atoms with E-state index in [2.05, 4.69) is 46.2 Å². The van der Waals surface area contributed by atoms with Crippen molar-refractivity contribution in [3.8, 4) is 17.2 Å². The number of ether oxygens (including phenoxy) is 3. The first-order valence-electron chi connectivity index (χ1n) is 18.7. The number of benzene rings is 4. The predicted octanol–water partition coefficient (Wildman–Crippen LogP) is 6.39. The summed E-state index contributed by atoms with van der Waals surface area (Å²) in [5.74, 6) is 0.800. The summed E-state index contributed by atoms with van der Waals surface area (Å²) in [6.07, 6.45) is 3.59. The number of carbonyl (C=O) groups excluding carboxylic acids is 2. The van der Waals surface area contributed by atoms with Crippen LogP contribution in [-0.4, -0.2) is 62.7 Å². The van der Waals surface area contributed by atoms with Gasteiger partial charge in [0.05, 0.1) is 18.0 Å². The van der Waals surface area contributed by atoms with Crippen LogP contribution in [0, 0.1) is 0 Å². The Labute approximate surface area is 318 Å². The molecular weight excluding hydrogens is 705 g/mol. The zero-order valence-electron chi connectivity index (χ0n) is 32.0. The second-order valence-corrected chi connectivity index (χ2v) is 16.9. The first-order chi connectivity index (χ1) is 25.7. The van der Waals surface area contributed by atoms with E-state index in [0.29, 0.717) is 40.3 Å². The number of carbonyl (C=O) groups is 2. The molecule has 0 spiro atoms. The van der Waals surface area contributed by atoms with E-state index in [1.807, 2.05) is 32.0 Å². The summed E-state index contributed by atoms with van der Waals surface area (Å²) >= 11 is 0. The van der Waals surface area contributed by atoms with Crippen molar-refractivity contribution in [1.29, 1.82) is 0 Å². The predicted molar refractivity (Wildman–Crippen MR) is 209 cm³/mol. The topological polar surface area (TPSA) is 135 Å². The highest BCUT2D eigenvalue weighted by atomic mass is 32.2. The molecule has 2 amide bonds. The molecule has 3 N–H and O–H groups in total. The molecule has 0 aromatic heterocycles. The summed E-state index contributed by atoms with van der Waals surface area (Å²) in [4.78, 5) is 30.4. The highest BCUT2D eigenvalue weighted by molar-refractivity contribution is 7.89. The van der Waals surface area contributed by atoms with Crippen LogP contribution in [0.5, 0.6) is 17.2 Å². The molecule has 0 radical (unpaired) electrons. The zero-order valence-corrected chi connectivity index (χ0v) is 32.8. The number of nitrogens with zero attached hydrogens (tertiary/aromatic N) is 1. The number of hydrogen-bond acceptors (Lipinski definition) is 8. The second kappa shape index (κ2) is 16.4. The fourth-order valence-electron chi connectivity index (χ4n) is 7.42. The first-order valence-corrected chi connectivity index (χ1v) is 20.2. The smallest absolute Gasteiger partial charge is 0.246 e. The number of nitrogens with one attached hydrogen (secondary N) is 3. The van der Waals surface area contributed by atoms with Crippen molar-refractivity contribution >= 4 is 32.6 Å². The monoisotopic (exact) mass is 756 g/mol. The number of hydrogen-bond donors (Lipinski definition) is 3. The van der Waals surface area contributed by atoms with Crippen molar-refractivity contribution in [2.45, 2.75) is 108 Å². The van der Waals surface area contributed by atoms with Gasteiger partial charge in [-0.3, -0.25) is 14.5 Å². The summed E-state index contributed by atoms with van der Waals surface area (Å²) in [5, 5.41) is 7.49. The first kappa shape index (κ1) is 39.1. The molecule has 6 rings (SSSR count). The minimum Gasteiger partial charge on any atom is -0.497 e. The Balaban J connectivity index is 1.23. The van der Waals surface area contributed by atoms with Crippen LogP contribution >= 0.6 is 0 Å². The van der Waals surface area contributed by atoms with Crippen molar-refractivity contribution in [3.05, 3.63) is 95.6 Å². The van der Waals surface area contributed by atoms with E-state index >= 15 is 0 Å². The fourth-order valence-corrected chi connectivity index (χ4v) is 8.68. The SMILES string of the molecule is COc1ccc2cc(S(=O)(=O)N[C@H](CC(=O)N[C@](C)(Cc3ccc(CN4[C@H](C)CCC[C@@H]4C)cc3)C(=O)NC(C)C)c3ccc4c(c3)OCO4)ccc2c1. The number of fused-ring (bicyclic) bond motifs is 2. The molecule has 0 bridgehead atoms. The Morgan fingerprint density at radius 3 is 2.26 bits per heavy atom. The van der Waals surface area contributed by atoms with Crippen LogP contribution < -0.4 is 29.6 Å². The van der Waals surface area contributed by atoms with Crippen LogP contribution in [0.2, 0.25) is 0 Å². The van der Waals surface area contributed by atoms with Crippen molar-refractivity contribution in [1.82, 2.24) is 20.3 Å². The van der Waals surface area contributed by atoms with Gasteiger partial charge < -0.3 is 24.8 Å². The van der Waals surface area contributed by atoms with Crippen LogP contribution in [0.4, 0.5) is 0 Å². The number of amides is 2. The summed E-state index contributed by atoms with van der Waals surface area (Å²) in [6, 6.07) is 23.4. The number of piperidine rings is 1. The van der Waals surface area contributed by atoms with Crippen LogP contribution in [0.3, 0.4) is 0 Å². The lowest BCUT2D eigenvalue weighted by atomic mass is 9.90. The highest BCUT2D eigenvalue weighted by Crippen LogP contribution is 2.36. The number of sulfonamides is 1. The average Bonchev–Trinajstić information content (AvgIpc) is 3.61. The zero-order chi connectivity index (χ0) is 38.6. The second-order valence-electron chi connectivity index (χ2n) is 15.2. The normalized spacial score (nSPS) is 18.9. The van der Waals surface area contributed by atoms with Gasteiger partial charge in [0.2, 0.25) is 28.6 Å². The molecule has 4 aromatic rings.